The summed E-state index contributed by atoms with van der Waals surface area (Å²) in [6.45, 7) is 5.52. The predicted octanol–water partition coefficient (Wildman–Crippen LogP) is 1.85. The van der Waals surface area contributed by atoms with Gasteiger partial charge in [-0.2, -0.15) is 0 Å². The monoisotopic (exact) mass is 256 g/mol. The largest absolute Gasteiger partial charge is 0.390 e. The van der Waals surface area contributed by atoms with E-state index in [1.54, 1.807) is 37.4 Å². The minimum absolute atomic E-state index is 0.250. The van der Waals surface area contributed by atoms with Crippen molar-refractivity contribution in [2.45, 2.75) is 6.92 Å². The normalized spacial score (nSPS) is 11.9. The van der Waals surface area contributed by atoms with E-state index in [4.69, 9.17) is 5.73 Å². The standard InChI is InChI=1S/C14H16N4O/c1-3-17-13(9-16-10-15)11(2)18-14(19)12-7-5-4-6-8-12/h3-10H,2H2,1H3,(H2,15,16)(H,18,19)/b13-9+,17-3?. The quantitative estimate of drug-likeness (QED) is 0.479. The molecule has 0 aliphatic rings. The van der Waals surface area contributed by atoms with Crippen LogP contribution in [-0.2, 0) is 0 Å². The van der Waals surface area contributed by atoms with Gasteiger partial charge in [0, 0.05) is 11.8 Å². The van der Waals surface area contributed by atoms with Gasteiger partial charge in [-0.05, 0) is 19.1 Å². The van der Waals surface area contributed by atoms with Crippen molar-refractivity contribution >= 4 is 18.5 Å². The van der Waals surface area contributed by atoms with Crippen molar-refractivity contribution in [2.75, 3.05) is 0 Å². The number of rotatable bonds is 5. The molecule has 0 bridgehead atoms. The molecular formula is C14H16N4O. The Morgan fingerprint density at radius 3 is 2.63 bits per heavy atom. The molecule has 1 aromatic carbocycles. The molecule has 0 atom stereocenters. The Hall–Kier alpha value is -2.69. The zero-order valence-electron chi connectivity index (χ0n) is 10.7. The topological polar surface area (TPSA) is 79.8 Å². The first-order chi connectivity index (χ1) is 9.19. The second-order valence-electron chi connectivity index (χ2n) is 3.50. The highest BCUT2D eigenvalue weighted by molar-refractivity contribution is 5.95. The first-order valence-electron chi connectivity index (χ1n) is 5.67. The van der Waals surface area contributed by atoms with E-state index in [0.29, 0.717) is 17.0 Å². The molecule has 0 aliphatic carbocycles. The zero-order valence-corrected chi connectivity index (χ0v) is 10.7. The van der Waals surface area contributed by atoms with Crippen molar-refractivity contribution in [3.63, 3.8) is 0 Å². The molecule has 1 amide bonds. The van der Waals surface area contributed by atoms with Gasteiger partial charge in [0.2, 0.25) is 0 Å². The van der Waals surface area contributed by atoms with Gasteiger partial charge in [-0.15, -0.1) is 0 Å². The Bertz CT molecular complexity index is 530. The lowest BCUT2D eigenvalue weighted by Gasteiger charge is -2.08. The predicted molar refractivity (Wildman–Crippen MR) is 78.0 cm³/mol. The summed E-state index contributed by atoms with van der Waals surface area (Å²) < 4.78 is 0. The summed E-state index contributed by atoms with van der Waals surface area (Å²) >= 11 is 0. The SMILES string of the molecule is C=C(NC(=O)c1ccccc1)/C(=C\N=CN)N=CC. The van der Waals surface area contributed by atoms with Crippen molar-refractivity contribution in [3.05, 3.63) is 60.1 Å². The molecule has 0 saturated carbocycles. The smallest absolute Gasteiger partial charge is 0.255 e. The molecule has 0 unspecified atom stereocenters. The number of hydrogen-bond acceptors (Lipinski definition) is 3. The molecule has 0 saturated heterocycles. The fourth-order valence-corrected chi connectivity index (χ4v) is 1.30. The van der Waals surface area contributed by atoms with Gasteiger partial charge in [-0.3, -0.25) is 9.79 Å². The van der Waals surface area contributed by atoms with E-state index in [-0.39, 0.29) is 5.91 Å². The summed E-state index contributed by atoms with van der Waals surface area (Å²) in [5.74, 6) is -0.250. The van der Waals surface area contributed by atoms with Gasteiger partial charge in [0.25, 0.3) is 5.91 Å². The number of aliphatic imine (C=N–C) groups is 2. The molecule has 5 heteroatoms. The highest BCUT2D eigenvalue weighted by Gasteiger charge is 2.08. The third-order valence-electron chi connectivity index (χ3n) is 2.16. The van der Waals surface area contributed by atoms with E-state index in [1.807, 2.05) is 6.07 Å². The molecule has 1 rings (SSSR count). The first kappa shape index (κ1) is 14.4. The van der Waals surface area contributed by atoms with Crippen LogP contribution >= 0.6 is 0 Å². The molecule has 0 aliphatic heterocycles. The minimum Gasteiger partial charge on any atom is -0.390 e. The molecule has 0 radical (unpaired) electrons. The van der Waals surface area contributed by atoms with E-state index in [2.05, 4.69) is 21.9 Å². The minimum atomic E-state index is -0.250. The third kappa shape index (κ3) is 4.59. The van der Waals surface area contributed by atoms with E-state index in [0.717, 1.165) is 6.34 Å². The Morgan fingerprint density at radius 2 is 2.05 bits per heavy atom. The van der Waals surface area contributed by atoms with Gasteiger partial charge in [-0.25, -0.2) is 4.99 Å². The first-order valence-corrected chi connectivity index (χ1v) is 5.67. The maximum atomic E-state index is 11.9. The van der Waals surface area contributed by atoms with Crippen LogP contribution in [-0.4, -0.2) is 18.5 Å². The second-order valence-corrected chi connectivity index (χ2v) is 3.50. The van der Waals surface area contributed by atoms with Gasteiger partial charge in [0.05, 0.1) is 18.2 Å². The highest BCUT2D eigenvalue weighted by atomic mass is 16.1. The average Bonchev–Trinajstić information content (AvgIpc) is 2.44. The molecule has 19 heavy (non-hydrogen) atoms. The van der Waals surface area contributed by atoms with Crippen LogP contribution in [0, 0.1) is 0 Å². The number of amides is 1. The van der Waals surface area contributed by atoms with Crippen LogP contribution in [0.15, 0.2) is 64.5 Å². The molecule has 98 valence electrons. The van der Waals surface area contributed by atoms with Crippen LogP contribution in [0.25, 0.3) is 0 Å². The highest BCUT2D eigenvalue weighted by Crippen LogP contribution is 2.08. The maximum absolute atomic E-state index is 11.9. The van der Waals surface area contributed by atoms with Crippen LogP contribution in [0.5, 0.6) is 0 Å². The van der Waals surface area contributed by atoms with Gasteiger partial charge < -0.3 is 11.1 Å². The summed E-state index contributed by atoms with van der Waals surface area (Å²) in [6, 6.07) is 8.85. The second kappa shape index (κ2) is 7.60. The van der Waals surface area contributed by atoms with Gasteiger partial charge in [0.15, 0.2) is 0 Å². The Labute approximate surface area is 112 Å². The number of carbonyl (C=O) groups is 1. The summed E-state index contributed by atoms with van der Waals surface area (Å²) in [7, 11) is 0. The van der Waals surface area contributed by atoms with Crippen molar-refractivity contribution in [1.82, 2.24) is 5.32 Å². The summed E-state index contributed by atoms with van der Waals surface area (Å²) in [6.07, 6.45) is 4.14. The molecule has 0 heterocycles. The van der Waals surface area contributed by atoms with E-state index in [9.17, 15) is 4.79 Å². The lowest BCUT2D eigenvalue weighted by molar-refractivity contribution is 0.0966. The number of benzene rings is 1. The van der Waals surface area contributed by atoms with Gasteiger partial charge >= 0.3 is 0 Å². The van der Waals surface area contributed by atoms with Gasteiger partial charge in [-0.1, -0.05) is 24.8 Å². The third-order valence-corrected chi connectivity index (χ3v) is 2.16. The van der Waals surface area contributed by atoms with Crippen LogP contribution in [0.4, 0.5) is 0 Å². The van der Waals surface area contributed by atoms with E-state index >= 15 is 0 Å². The number of nitrogens with one attached hydrogen (secondary N) is 1. The summed E-state index contributed by atoms with van der Waals surface area (Å²) in [4.78, 5) is 19.7. The van der Waals surface area contributed by atoms with Crippen molar-refractivity contribution in [2.24, 2.45) is 15.7 Å². The molecule has 0 aromatic heterocycles. The number of nitrogens with zero attached hydrogens (tertiary/aromatic N) is 2. The van der Waals surface area contributed by atoms with Gasteiger partial charge in [0.1, 0.15) is 5.70 Å². The Kier molecular flexibility index (Phi) is 5.75. The summed E-state index contributed by atoms with van der Waals surface area (Å²) in [5.41, 5.74) is 6.50. The van der Waals surface area contributed by atoms with Crippen molar-refractivity contribution in [3.8, 4) is 0 Å². The van der Waals surface area contributed by atoms with Crippen molar-refractivity contribution < 1.29 is 4.79 Å². The Balaban J connectivity index is 2.80. The Morgan fingerprint density at radius 1 is 1.37 bits per heavy atom. The summed E-state index contributed by atoms with van der Waals surface area (Å²) in [5, 5.41) is 2.66. The van der Waals surface area contributed by atoms with Crippen LogP contribution in [0.1, 0.15) is 17.3 Å². The fourth-order valence-electron chi connectivity index (χ4n) is 1.30. The van der Waals surface area contributed by atoms with Crippen LogP contribution in [0.2, 0.25) is 0 Å². The average molecular weight is 256 g/mol. The van der Waals surface area contributed by atoms with Crippen LogP contribution in [0.3, 0.4) is 0 Å². The molecule has 5 nitrogen and oxygen atoms in total. The van der Waals surface area contributed by atoms with Crippen LogP contribution < -0.4 is 11.1 Å². The zero-order chi connectivity index (χ0) is 14.1. The molecule has 3 N–H and O–H groups in total. The maximum Gasteiger partial charge on any atom is 0.255 e. The number of hydrogen-bond donors (Lipinski definition) is 2. The van der Waals surface area contributed by atoms with E-state index in [1.165, 1.54) is 6.20 Å². The van der Waals surface area contributed by atoms with E-state index < -0.39 is 0 Å². The molecular weight excluding hydrogens is 240 g/mol. The molecule has 0 spiro atoms. The molecule has 0 fully saturated rings. The lowest BCUT2D eigenvalue weighted by Crippen LogP contribution is -2.22. The van der Waals surface area contributed by atoms with Crippen molar-refractivity contribution in [1.29, 1.82) is 0 Å². The fraction of sp³-hybridized carbons (Fsp3) is 0.0714. The number of carbonyl (C=O) groups excluding carboxylic acids is 1. The molecule has 1 aromatic rings. The lowest BCUT2D eigenvalue weighted by atomic mass is 10.2. The number of nitrogens with two attached hydrogens (primary N) is 1.